The molecule has 1 saturated heterocycles. The van der Waals surface area contributed by atoms with Crippen LogP contribution >= 0.6 is 15.6 Å². The molecule has 1 fully saturated rings. The highest BCUT2D eigenvalue weighted by Gasteiger charge is 2.46. The number of anilines is 1. The molecule has 17 heteroatoms. The predicted octanol–water partition coefficient (Wildman–Crippen LogP) is -2.23. The zero-order valence-corrected chi connectivity index (χ0v) is 18.8. The van der Waals surface area contributed by atoms with Crippen molar-refractivity contribution < 1.29 is 51.7 Å². The molecule has 2 unspecified atom stereocenters. The van der Waals surface area contributed by atoms with Crippen molar-refractivity contribution in [2.24, 2.45) is 0 Å². The lowest BCUT2D eigenvalue weighted by molar-refractivity contribution is -0.870. The number of hydrogen-bond donors (Lipinski definition) is 4. The van der Waals surface area contributed by atoms with E-state index < -0.39 is 52.5 Å². The summed E-state index contributed by atoms with van der Waals surface area (Å²) >= 11 is 0. The molecule has 31 heavy (non-hydrogen) atoms. The molecule has 1 aliphatic heterocycles. The average Bonchev–Trinajstić information content (AvgIpc) is 2.86. The molecule has 0 amide bonds. The van der Waals surface area contributed by atoms with Crippen molar-refractivity contribution in [1.29, 1.82) is 0 Å². The summed E-state index contributed by atoms with van der Waals surface area (Å²) in [5.41, 5.74) is 4.54. The molecule has 6 atom stereocenters. The topological polar surface area (TPSA) is 216 Å². The third-order valence-corrected chi connectivity index (χ3v) is 6.66. The van der Waals surface area contributed by atoms with Crippen molar-refractivity contribution in [1.82, 2.24) is 9.55 Å². The number of nitrogen functional groups attached to an aromatic ring is 1. The fourth-order valence-electron chi connectivity index (χ4n) is 2.52. The van der Waals surface area contributed by atoms with Crippen LogP contribution in [0.4, 0.5) is 5.82 Å². The lowest BCUT2D eigenvalue weighted by Gasteiger charge is -2.27. The monoisotopic (exact) mass is 488 g/mol. The van der Waals surface area contributed by atoms with Gasteiger partial charge in [-0.1, -0.05) is 0 Å². The summed E-state index contributed by atoms with van der Waals surface area (Å²) in [6.45, 7) is -0.748. The molecule has 1 aromatic rings. The molecule has 0 aliphatic carbocycles. The number of quaternary nitrogens is 1. The van der Waals surface area contributed by atoms with E-state index in [0.29, 0.717) is 4.48 Å². The number of ether oxygens (including phenoxy) is 1. The van der Waals surface area contributed by atoms with Crippen molar-refractivity contribution in [2.45, 2.75) is 24.5 Å². The molecule has 2 heterocycles. The van der Waals surface area contributed by atoms with Crippen molar-refractivity contribution in [3.05, 3.63) is 22.7 Å². The Morgan fingerprint density at radius 2 is 1.94 bits per heavy atom. The molecular weight excluding hydrogens is 462 g/mol. The van der Waals surface area contributed by atoms with Crippen LogP contribution in [0.15, 0.2) is 17.1 Å². The van der Waals surface area contributed by atoms with Gasteiger partial charge in [0.1, 0.15) is 37.3 Å². The van der Waals surface area contributed by atoms with Gasteiger partial charge in [0.25, 0.3) is 7.82 Å². The molecule has 0 radical (unpaired) electrons. The van der Waals surface area contributed by atoms with Gasteiger partial charge >= 0.3 is 13.5 Å². The van der Waals surface area contributed by atoms with Gasteiger partial charge in [-0.3, -0.25) is 18.2 Å². The van der Waals surface area contributed by atoms with Crippen LogP contribution in [0, 0.1) is 0 Å². The van der Waals surface area contributed by atoms with Crippen LogP contribution < -0.4 is 16.3 Å². The number of hydrogen-bond acceptors (Lipinski definition) is 12. The summed E-state index contributed by atoms with van der Waals surface area (Å²) in [4.78, 5) is 35.4. The Labute approximate surface area is 177 Å². The highest BCUT2D eigenvalue weighted by Crippen LogP contribution is 2.59. The van der Waals surface area contributed by atoms with Crippen LogP contribution in [0.25, 0.3) is 0 Å². The number of nitrogens with zero attached hydrogens (tertiary/aromatic N) is 3. The van der Waals surface area contributed by atoms with E-state index in [0.717, 1.165) is 4.57 Å². The third kappa shape index (κ3) is 7.70. The first-order valence-electron chi connectivity index (χ1n) is 8.91. The molecule has 15 nitrogen and oxygen atoms in total. The Morgan fingerprint density at radius 1 is 1.29 bits per heavy atom. The minimum atomic E-state index is -5.51. The Morgan fingerprint density at radius 3 is 2.48 bits per heavy atom. The minimum Gasteiger partial charge on any atom is -0.756 e. The molecule has 1 aromatic heterocycles. The van der Waals surface area contributed by atoms with E-state index in [1.54, 1.807) is 21.1 Å². The fraction of sp³-hybridized carbons (Fsp3) is 0.714. The summed E-state index contributed by atoms with van der Waals surface area (Å²) in [5.74, 6) is -0.0654. The van der Waals surface area contributed by atoms with Gasteiger partial charge in [0.05, 0.1) is 27.7 Å². The van der Waals surface area contributed by atoms with Crippen LogP contribution in [0.1, 0.15) is 6.23 Å². The van der Waals surface area contributed by atoms with Gasteiger partial charge in [-0.2, -0.15) is 4.98 Å². The second kappa shape index (κ2) is 9.73. The number of aliphatic hydroxyl groups is 2. The Balaban J connectivity index is 2.10. The van der Waals surface area contributed by atoms with Crippen molar-refractivity contribution in [3.8, 4) is 0 Å². The second-order valence-corrected chi connectivity index (χ2v) is 10.7. The van der Waals surface area contributed by atoms with E-state index in [9.17, 15) is 29.0 Å². The SMILES string of the molecule is C[N+](C)(C)CCOP(=O)(OC[C@H]1O[C@@H](n2ccc(N)nc2=O)[C@H](O)[C@@H]1O)OP(=O)([O-])O. The number of aliphatic hydroxyl groups excluding tert-OH is 2. The first-order chi connectivity index (χ1) is 14.1. The lowest BCUT2D eigenvalue weighted by atomic mass is 10.1. The highest BCUT2D eigenvalue weighted by molar-refractivity contribution is 7.60. The van der Waals surface area contributed by atoms with Gasteiger partial charge < -0.3 is 35.0 Å². The van der Waals surface area contributed by atoms with Crippen molar-refractivity contribution >= 4 is 21.5 Å². The zero-order valence-electron chi connectivity index (χ0n) is 17.0. The molecule has 5 N–H and O–H groups in total. The van der Waals surface area contributed by atoms with Gasteiger partial charge in [0.2, 0.25) is 0 Å². The Bertz CT molecular complexity index is 914. The van der Waals surface area contributed by atoms with Crippen LogP contribution in [-0.4, -0.2) is 88.4 Å². The van der Waals surface area contributed by atoms with Gasteiger partial charge in [-0.25, -0.2) is 13.7 Å². The first kappa shape index (κ1) is 26.0. The van der Waals surface area contributed by atoms with E-state index >= 15 is 0 Å². The molecule has 2 rings (SSSR count). The van der Waals surface area contributed by atoms with E-state index in [1.807, 2.05) is 0 Å². The van der Waals surface area contributed by atoms with Gasteiger partial charge in [-0.15, -0.1) is 0 Å². The molecule has 1 aliphatic rings. The smallest absolute Gasteiger partial charge is 0.481 e. The number of nitrogens with two attached hydrogens (primary N) is 1. The molecule has 0 aromatic carbocycles. The van der Waals surface area contributed by atoms with E-state index in [1.165, 1.54) is 12.3 Å². The summed E-state index contributed by atoms with van der Waals surface area (Å²) < 4.78 is 44.3. The fourth-order valence-corrected chi connectivity index (χ4v) is 4.62. The van der Waals surface area contributed by atoms with Crippen LogP contribution in [-0.2, 0) is 27.2 Å². The van der Waals surface area contributed by atoms with Crippen molar-refractivity contribution in [3.63, 3.8) is 0 Å². The summed E-state index contributed by atoms with van der Waals surface area (Å²) in [6, 6.07) is 1.27. The normalized spacial score (nSPS) is 28.2. The van der Waals surface area contributed by atoms with Crippen LogP contribution in [0.5, 0.6) is 0 Å². The number of likely N-dealkylation sites (N-methyl/N-ethyl adjacent to an activating group) is 1. The maximum absolute atomic E-state index is 12.6. The molecular formula is C14H26N4O11P2. The Hall–Kier alpha value is -1.22. The van der Waals surface area contributed by atoms with E-state index in [-0.39, 0.29) is 19.0 Å². The summed E-state index contributed by atoms with van der Waals surface area (Å²) in [6.07, 6.45) is -4.79. The van der Waals surface area contributed by atoms with Gasteiger partial charge in [0.15, 0.2) is 6.23 Å². The maximum Gasteiger partial charge on any atom is 0.481 e. The molecule has 0 saturated carbocycles. The summed E-state index contributed by atoms with van der Waals surface area (Å²) in [7, 11) is -4.98. The zero-order chi connectivity index (χ0) is 23.6. The quantitative estimate of drug-likeness (QED) is 0.203. The van der Waals surface area contributed by atoms with E-state index in [4.69, 9.17) is 24.4 Å². The average molecular weight is 488 g/mol. The van der Waals surface area contributed by atoms with Crippen molar-refractivity contribution in [2.75, 3.05) is 46.6 Å². The largest absolute Gasteiger partial charge is 0.756 e. The molecule has 178 valence electrons. The number of rotatable bonds is 10. The molecule has 0 bridgehead atoms. The highest BCUT2D eigenvalue weighted by atomic mass is 31.3. The van der Waals surface area contributed by atoms with E-state index in [2.05, 4.69) is 9.29 Å². The standard InChI is InChI=1S/C14H26N4O11P2/c1-18(2,3)6-7-26-31(25,29-30(22,23)24)27-8-9-11(19)12(20)13(28-9)17-5-4-10(15)16-14(17)21/h4-5,9,11-13,19-20H,6-8H2,1-3H3,(H3-,15,16,21,22,23,24)/t9-,11-,12-,13-,31?/m1/s1. The number of phosphoric ester groups is 1. The molecule has 0 spiro atoms. The minimum absolute atomic E-state index is 0.0654. The number of aromatic nitrogens is 2. The lowest BCUT2D eigenvalue weighted by Crippen LogP contribution is -2.37. The third-order valence-electron chi connectivity index (χ3n) is 4.07. The van der Waals surface area contributed by atoms with Gasteiger partial charge in [0, 0.05) is 6.20 Å². The first-order valence-corrected chi connectivity index (χ1v) is 11.9. The maximum atomic E-state index is 12.6. The number of phosphoric acid groups is 2. The van der Waals surface area contributed by atoms with Crippen LogP contribution in [0.2, 0.25) is 0 Å². The predicted molar refractivity (Wildman–Crippen MR) is 102 cm³/mol. The second-order valence-electron chi connectivity index (χ2n) is 7.73. The van der Waals surface area contributed by atoms with Gasteiger partial charge in [-0.05, 0) is 6.07 Å². The van der Waals surface area contributed by atoms with Crippen LogP contribution in [0.3, 0.4) is 0 Å². The Kier molecular flexibility index (Phi) is 8.17. The summed E-state index contributed by atoms with van der Waals surface area (Å²) in [5, 5.41) is 20.4.